The van der Waals surface area contributed by atoms with Crippen LogP contribution in [0.5, 0.6) is 0 Å². The van der Waals surface area contributed by atoms with Crippen molar-refractivity contribution in [1.29, 1.82) is 0 Å². The molecule has 3 rings (SSSR count). The molecule has 3 aromatic rings. The van der Waals surface area contributed by atoms with E-state index in [9.17, 15) is 9.59 Å². The molecule has 27 heavy (non-hydrogen) atoms. The van der Waals surface area contributed by atoms with Gasteiger partial charge in [-0.25, -0.2) is 9.50 Å². The van der Waals surface area contributed by atoms with E-state index in [1.807, 2.05) is 42.6 Å². The summed E-state index contributed by atoms with van der Waals surface area (Å²) in [5.74, 6) is -0.835. The van der Waals surface area contributed by atoms with Crippen molar-refractivity contribution in [3.05, 3.63) is 41.2 Å². The summed E-state index contributed by atoms with van der Waals surface area (Å²) in [5.41, 5.74) is 4.67. The first-order valence-corrected chi connectivity index (χ1v) is 9.07. The average Bonchev–Trinajstić information content (AvgIpc) is 3.00. The van der Waals surface area contributed by atoms with Crippen LogP contribution in [0.15, 0.2) is 24.3 Å². The van der Waals surface area contributed by atoms with Gasteiger partial charge in [0.15, 0.2) is 5.65 Å². The molecule has 0 saturated heterocycles. The number of aryl methyl sites for hydroxylation is 2. The van der Waals surface area contributed by atoms with Gasteiger partial charge < -0.3 is 10.0 Å². The van der Waals surface area contributed by atoms with Gasteiger partial charge in [-0.05, 0) is 44.4 Å². The van der Waals surface area contributed by atoms with Crippen LogP contribution in [0.2, 0.25) is 0 Å². The summed E-state index contributed by atoms with van der Waals surface area (Å²) < 4.78 is 1.86. The molecular weight excluding hydrogens is 344 g/mol. The van der Waals surface area contributed by atoms with E-state index in [0.29, 0.717) is 25.8 Å². The highest BCUT2D eigenvalue weighted by atomic mass is 16.4. The van der Waals surface area contributed by atoms with Gasteiger partial charge >= 0.3 is 5.97 Å². The fourth-order valence-corrected chi connectivity index (χ4v) is 3.35. The van der Waals surface area contributed by atoms with E-state index in [4.69, 9.17) is 10.1 Å². The summed E-state index contributed by atoms with van der Waals surface area (Å²) in [5, 5.41) is 14.4. The van der Waals surface area contributed by atoms with E-state index in [1.54, 1.807) is 11.9 Å². The zero-order valence-electron chi connectivity index (χ0n) is 15.9. The first-order valence-electron chi connectivity index (χ1n) is 9.07. The summed E-state index contributed by atoms with van der Waals surface area (Å²) in [7, 11) is 1.71. The van der Waals surface area contributed by atoms with Crippen molar-refractivity contribution in [2.24, 2.45) is 0 Å². The number of fused-ring (bicyclic) bond motifs is 3. The van der Waals surface area contributed by atoms with Crippen molar-refractivity contribution in [2.45, 2.75) is 39.5 Å². The minimum absolute atomic E-state index is 0.00455. The van der Waals surface area contributed by atoms with Crippen LogP contribution >= 0.6 is 0 Å². The molecule has 0 radical (unpaired) electrons. The molecule has 0 spiro atoms. The molecule has 0 saturated carbocycles. The Morgan fingerprint density at radius 2 is 1.93 bits per heavy atom. The van der Waals surface area contributed by atoms with Gasteiger partial charge in [-0.3, -0.25) is 9.59 Å². The molecule has 0 aliphatic heterocycles. The maximum Gasteiger partial charge on any atom is 0.303 e. The molecular formula is C20H24N4O3. The number of hydrogen-bond acceptors (Lipinski definition) is 4. The number of aliphatic carboxylic acids is 1. The molecule has 142 valence electrons. The third kappa shape index (κ3) is 3.92. The molecule has 0 fully saturated rings. The fourth-order valence-electron chi connectivity index (χ4n) is 3.35. The second kappa shape index (κ2) is 7.73. The monoisotopic (exact) mass is 368 g/mol. The second-order valence-electron chi connectivity index (χ2n) is 6.83. The van der Waals surface area contributed by atoms with Crippen molar-refractivity contribution >= 4 is 28.4 Å². The Labute approximate surface area is 157 Å². The molecule has 7 nitrogen and oxygen atoms in total. The number of aromatic nitrogens is 3. The molecule has 7 heteroatoms. The van der Waals surface area contributed by atoms with Gasteiger partial charge in [0, 0.05) is 43.2 Å². The minimum Gasteiger partial charge on any atom is -0.481 e. The molecule has 0 unspecified atom stereocenters. The lowest BCUT2D eigenvalue weighted by Crippen LogP contribution is -2.28. The quantitative estimate of drug-likeness (QED) is 0.693. The molecule has 1 aromatic carbocycles. The number of rotatable bonds is 7. The van der Waals surface area contributed by atoms with Crippen LogP contribution in [-0.4, -0.2) is 50.1 Å². The largest absolute Gasteiger partial charge is 0.481 e. The van der Waals surface area contributed by atoms with Crippen LogP contribution in [0, 0.1) is 13.8 Å². The van der Waals surface area contributed by atoms with Crippen molar-refractivity contribution < 1.29 is 14.7 Å². The predicted octanol–water partition coefficient (Wildman–Crippen LogP) is 2.76. The first-order chi connectivity index (χ1) is 12.9. The van der Waals surface area contributed by atoms with Crippen molar-refractivity contribution in [2.75, 3.05) is 13.6 Å². The van der Waals surface area contributed by atoms with Crippen LogP contribution in [0.1, 0.15) is 36.2 Å². The molecule has 1 amide bonds. The zero-order chi connectivity index (χ0) is 19.6. The van der Waals surface area contributed by atoms with Gasteiger partial charge in [-0.15, -0.1) is 0 Å². The van der Waals surface area contributed by atoms with Gasteiger partial charge in [0.05, 0.1) is 5.52 Å². The highest BCUT2D eigenvalue weighted by Crippen LogP contribution is 2.23. The van der Waals surface area contributed by atoms with Crippen molar-refractivity contribution in [3.8, 4) is 0 Å². The van der Waals surface area contributed by atoms with Crippen LogP contribution in [0.4, 0.5) is 0 Å². The molecule has 0 atom stereocenters. The number of amides is 1. The van der Waals surface area contributed by atoms with E-state index < -0.39 is 5.97 Å². The minimum atomic E-state index is -0.840. The van der Waals surface area contributed by atoms with Gasteiger partial charge in [0.25, 0.3) is 0 Å². The Hall–Kier alpha value is -2.96. The van der Waals surface area contributed by atoms with E-state index in [0.717, 1.165) is 33.5 Å². The highest BCUT2D eigenvalue weighted by Gasteiger charge is 2.16. The zero-order valence-corrected chi connectivity index (χ0v) is 15.9. The standard InChI is InChI=1S/C20H24N4O3/c1-13-15(10-11-18(25)23(3)12-6-9-19(26)27)14(2)24-20(21-13)16-7-4-5-8-17(16)22-24/h4-5,7-8H,6,9-12H2,1-3H3,(H,26,27). The number of hydrogen-bond donors (Lipinski definition) is 1. The third-order valence-electron chi connectivity index (χ3n) is 4.92. The maximum atomic E-state index is 12.4. The van der Waals surface area contributed by atoms with E-state index in [-0.39, 0.29) is 12.3 Å². The molecule has 0 aliphatic rings. The smallest absolute Gasteiger partial charge is 0.303 e. The molecule has 0 bridgehead atoms. The molecule has 2 aromatic heterocycles. The Morgan fingerprint density at radius 3 is 2.67 bits per heavy atom. The fraction of sp³-hybridized carbons (Fsp3) is 0.400. The van der Waals surface area contributed by atoms with Crippen molar-refractivity contribution in [1.82, 2.24) is 19.5 Å². The van der Waals surface area contributed by atoms with Crippen molar-refractivity contribution in [3.63, 3.8) is 0 Å². The van der Waals surface area contributed by atoms with E-state index >= 15 is 0 Å². The lowest BCUT2D eigenvalue weighted by molar-refractivity contribution is -0.138. The number of nitrogens with zero attached hydrogens (tertiary/aromatic N) is 4. The van der Waals surface area contributed by atoms with Gasteiger partial charge in [0.1, 0.15) is 0 Å². The average molecular weight is 368 g/mol. The number of carbonyl (C=O) groups is 2. The summed E-state index contributed by atoms with van der Waals surface area (Å²) in [6.45, 7) is 4.42. The maximum absolute atomic E-state index is 12.4. The molecule has 1 N–H and O–H groups in total. The number of carboxylic acid groups (broad SMARTS) is 1. The Morgan fingerprint density at radius 1 is 1.19 bits per heavy atom. The molecule has 0 aliphatic carbocycles. The van der Waals surface area contributed by atoms with Gasteiger partial charge in [-0.2, -0.15) is 5.10 Å². The highest BCUT2D eigenvalue weighted by molar-refractivity contribution is 5.92. The topological polar surface area (TPSA) is 87.8 Å². The normalized spacial score (nSPS) is 11.2. The van der Waals surface area contributed by atoms with Gasteiger partial charge in [-0.1, -0.05) is 12.1 Å². The van der Waals surface area contributed by atoms with E-state index in [2.05, 4.69) is 5.10 Å². The summed E-state index contributed by atoms with van der Waals surface area (Å²) in [6.07, 6.45) is 1.48. The second-order valence-corrected chi connectivity index (χ2v) is 6.83. The van der Waals surface area contributed by atoms with Gasteiger partial charge in [0.2, 0.25) is 5.91 Å². The summed E-state index contributed by atoms with van der Waals surface area (Å²) >= 11 is 0. The third-order valence-corrected chi connectivity index (χ3v) is 4.92. The summed E-state index contributed by atoms with van der Waals surface area (Å²) in [4.78, 5) is 29.3. The van der Waals surface area contributed by atoms with Crippen LogP contribution in [0.25, 0.3) is 16.6 Å². The number of benzene rings is 1. The van der Waals surface area contributed by atoms with Crippen LogP contribution < -0.4 is 0 Å². The Kier molecular flexibility index (Phi) is 5.39. The Balaban J connectivity index is 1.76. The first kappa shape index (κ1) is 18.8. The predicted molar refractivity (Wildman–Crippen MR) is 103 cm³/mol. The van der Waals surface area contributed by atoms with E-state index in [1.165, 1.54) is 0 Å². The SMILES string of the molecule is Cc1nc2c3ccccc3nn2c(C)c1CCC(=O)N(C)CCCC(=O)O. The Bertz CT molecular complexity index is 1010. The lowest BCUT2D eigenvalue weighted by Gasteiger charge is -2.17. The van der Waals surface area contributed by atoms with Crippen LogP contribution in [-0.2, 0) is 16.0 Å². The van der Waals surface area contributed by atoms with Crippen LogP contribution in [0.3, 0.4) is 0 Å². The molecule has 2 heterocycles. The number of carbonyl (C=O) groups excluding carboxylic acids is 1. The summed E-state index contributed by atoms with van der Waals surface area (Å²) in [6, 6.07) is 7.91. The number of carboxylic acids is 1. The lowest BCUT2D eigenvalue weighted by atomic mass is 10.1.